The van der Waals surface area contributed by atoms with E-state index in [-0.39, 0.29) is 26.3 Å². The van der Waals surface area contributed by atoms with Gasteiger partial charge in [-0.3, -0.25) is 15.6 Å². The van der Waals surface area contributed by atoms with Gasteiger partial charge in [0.05, 0.1) is 6.54 Å². The summed E-state index contributed by atoms with van der Waals surface area (Å²) in [5.41, 5.74) is 7.97. The number of hydrogen-bond acceptors (Lipinski definition) is 8. The maximum Gasteiger partial charge on any atom is 0.426 e. The normalized spacial score (nSPS) is 10.8. The highest BCUT2D eigenvalue weighted by atomic mass is 16.6. The fourth-order valence-electron chi connectivity index (χ4n) is 3.08. The molecule has 212 valence electrons. The SMILES string of the molecule is CC(C)(C)OC(=O)NCCCCN(CC(=O)NNC(=O)OCc1ccccc1)NC(=O)OCc1ccccc1. The number of hydrazine groups is 2. The number of ether oxygens (including phenoxy) is 3. The van der Waals surface area contributed by atoms with Gasteiger partial charge in [-0.15, -0.1) is 0 Å². The zero-order valence-corrected chi connectivity index (χ0v) is 22.5. The van der Waals surface area contributed by atoms with Crippen molar-refractivity contribution in [3.63, 3.8) is 0 Å². The first-order valence-corrected chi connectivity index (χ1v) is 12.6. The summed E-state index contributed by atoms with van der Waals surface area (Å²) in [6.07, 6.45) is -1.01. The van der Waals surface area contributed by atoms with Crippen molar-refractivity contribution in [2.45, 2.75) is 52.4 Å². The molecule has 0 unspecified atom stereocenters. The molecule has 12 heteroatoms. The Bertz CT molecular complexity index is 1050. The zero-order chi connectivity index (χ0) is 28.5. The van der Waals surface area contributed by atoms with E-state index in [2.05, 4.69) is 21.6 Å². The average Bonchev–Trinajstić information content (AvgIpc) is 2.89. The molecule has 4 amide bonds. The van der Waals surface area contributed by atoms with Gasteiger partial charge < -0.3 is 19.5 Å². The lowest BCUT2D eigenvalue weighted by Gasteiger charge is -2.22. The van der Waals surface area contributed by atoms with Crippen LogP contribution in [0.5, 0.6) is 0 Å². The Morgan fingerprint density at radius 2 is 1.31 bits per heavy atom. The van der Waals surface area contributed by atoms with E-state index in [0.29, 0.717) is 19.4 Å². The summed E-state index contributed by atoms with van der Waals surface area (Å²) in [7, 11) is 0. The second-order valence-electron chi connectivity index (χ2n) is 9.47. The predicted octanol–water partition coefficient (Wildman–Crippen LogP) is 3.39. The lowest BCUT2D eigenvalue weighted by Crippen LogP contribution is -2.51. The third-order valence-electron chi connectivity index (χ3n) is 4.84. The van der Waals surface area contributed by atoms with Gasteiger partial charge in [-0.25, -0.2) is 24.8 Å². The number of amides is 4. The van der Waals surface area contributed by atoms with E-state index in [0.717, 1.165) is 11.1 Å². The molecule has 0 radical (unpaired) electrons. The highest BCUT2D eigenvalue weighted by Crippen LogP contribution is 2.06. The molecule has 2 aromatic carbocycles. The van der Waals surface area contributed by atoms with Crippen molar-refractivity contribution in [2.75, 3.05) is 19.6 Å². The van der Waals surface area contributed by atoms with Gasteiger partial charge in [0.1, 0.15) is 18.8 Å². The highest BCUT2D eigenvalue weighted by molar-refractivity contribution is 5.81. The number of carbonyl (C=O) groups is 4. The quantitative estimate of drug-likeness (QED) is 0.181. The first-order valence-electron chi connectivity index (χ1n) is 12.6. The molecule has 0 aliphatic heterocycles. The molecular formula is C27H37N5O7. The summed E-state index contributed by atoms with van der Waals surface area (Å²) in [6.45, 7) is 5.76. The van der Waals surface area contributed by atoms with Crippen LogP contribution >= 0.6 is 0 Å². The van der Waals surface area contributed by atoms with Gasteiger partial charge in [0.2, 0.25) is 0 Å². The van der Waals surface area contributed by atoms with Crippen LogP contribution in [0.25, 0.3) is 0 Å². The van der Waals surface area contributed by atoms with Crippen molar-refractivity contribution in [3.8, 4) is 0 Å². The molecule has 2 aromatic rings. The molecular weight excluding hydrogens is 506 g/mol. The molecule has 12 nitrogen and oxygen atoms in total. The van der Waals surface area contributed by atoms with Crippen molar-refractivity contribution in [2.24, 2.45) is 0 Å². The molecule has 0 bridgehead atoms. The second-order valence-corrected chi connectivity index (χ2v) is 9.47. The number of unbranched alkanes of at least 4 members (excludes halogenated alkanes) is 1. The Kier molecular flexibility index (Phi) is 13.1. The standard InChI is InChI=1S/C27H37N5O7/c1-27(2,3)39-24(34)28-16-10-11-17-32(31-26(36)38-20-22-14-8-5-9-15-22)18-23(33)29-30-25(35)37-19-21-12-6-4-7-13-21/h4-9,12-15H,10-11,16-20H2,1-3H3,(H,28,34)(H,29,33)(H,30,35)(H,31,36). The van der Waals surface area contributed by atoms with Crippen LogP contribution in [0.2, 0.25) is 0 Å². The minimum atomic E-state index is -0.831. The summed E-state index contributed by atoms with van der Waals surface area (Å²) >= 11 is 0. The summed E-state index contributed by atoms with van der Waals surface area (Å²) in [5.74, 6) is -0.595. The Labute approximate surface area is 228 Å². The molecule has 0 aliphatic carbocycles. The number of hydrogen-bond donors (Lipinski definition) is 4. The van der Waals surface area contributed by atoms with E-state index in [1.165, 1.54) is 5.01 Å². The molecule has 4 N–H and O–H groups in total. The average molecular weight is 544 g/mol. The van der Waals surface area contributed by atoms with Crippen LogP contribution in [0.3, 0.4) is 0 Å². The third kappa shape index (κ3) is 14.9. The van der Waals surface area contributed by atoms with Crippen LogP contribution in [-0.4, -0.2) is 54.4 Å². The fraction of sp³-hybridized carbons (Fsp3) is 0.407. The molecule has 0 saturated heterocycles. The van der Waals surface area contributed by atoms with Crippen LogP contribution in [-0.2, 0) is 32.2 Å². The van der Waals surface area contributed by atoms with Gasteiger partial charge in [0, 0.05) is 13.1 Å². The minimum Gasteiger partial charge on any atom is -0.444 e. The minimum absolute atomic E-state index is 0.0425. The molecule has 0 heterocycles. The van der Waals surface area contributed by atoms with E-state index in [1.54, 1.807) is 32.9 Å². The summed E-state index contributed by atoms with van der Waals surface area (Å²) in [4.78, 5) is 48.4. The lowest BCUT2D eigenvalue weighted by molar-refractivity contribution is -0.123. The van der Waals surface area contributed by atoms with E-state index >= 15 is 0 Å². The molecule has 0 aliphatic rings. The monoisotopic (exact) mass is 543 g/mol. The van der Waals surface area contributed by atoms with E-state index in [1.807, 2.05) is 48.5 Å². The first kappa shape index (κ1) is 30.9. The molecule has 0 aromatic heterocycles. The van der Waals surface area contributed by atoms with Crippen molar-refractivity contribution >= 4 is 24.2 Å². The van der Waals surface area contributed by atoms with Crippen LogP contribution in [0.1, 0.15) is 44.7 Å². The van der Waals surface area contributed by atoms with Crippen molar-refractivity contribution in [1.82, 2.24) is 26.6 Å². The summed E-state index contributed by atoms with van der Waals surface area (Å²) in [6, 6.07) is 18.2. The maximum atomic E-state index is 12.4. The summed E-state index contributed by atoms with van der Waals surface area (Å²) in [5, 5.41) is 4.01. The molecule has 39 heavy (non-hydrogen) atoms. The van der Waals surface area contributed by atoms with Crippen LogP contribution in [0.15, 0.2) is 60.7 Å². The smallest absolute Gasteiger partial charge is 0.426 e. The van der Waals surface area contributed by atoms with Gasteiger partial charge in [0.25, 0.3) is 5.91 Å². The van der Waals surface area contributed by atoms with Crippen LogP contribution in [0.4, 0.5) is 14.4 Å². The topological polar surface area (TPSA) is 147 Å². The van der Waals surface area contributed by atoms with Crippen LogP contribution < -0.4 is 21.6 Å². The first-order chi connectivity index (χ1) is 18.6. The zero-order valence-electron chi connectivity index (χ0n) is 22.5. The summed E-state index contributed by atoms with van der Waals surface area (Å²) < 4.78 is 15.5. The molecule has 0 spiro atoms. The van der Waals surface area contributed by atoms with Gasteiger partial charge in [-0.2, -0.15) is 0 Å². The maximum absolute atomic E-state index is 12.4. The predicted molar refractivity (Wildman–Crippen MR) is 143 cm³/mol. The van der Waals surface area contributed by atoms with E-state index in [4.69, 9.17) is 14.2 Å². The number of nitrogens with one attached hydrogen (secondary N) is 4. The number of nitrogens with zero attached hydrogens (tertiary/aromatic N) is 1. The van der Waals surface area contributed by atoms with Gasteiger partial charge in [-0.1, -0.05) is 60.7 Å². The molecule has 0 saturated carbocycles. The number of carbonyl (C=O) groups excluding carboxylic acids is 4. The van der Waals surface area contributed by atoms with Gasteiger partial charge in [0.15, 0.2) is 0 Å². The molecule has 0 atom stereocenters. The molecule has 2 rings (SSSR count). The Morgan fingerprint density at radius 1 is 0.744 bits per heavy atom. The Morgan fingerprint density at radius 3 is 1.87 bits per heavy atom. The van der Waals surface area contributed by atoms with E-state index in [9.17, 15) is 19.2 Å². The number of alkyl carbamates (subject to hydrolysis) is 1. The Hall–Kier alpha value is -4.32. The van der Waals surface area contributed by atoms with Crippen molar-refractivity contribution in [1.29, 1.82) is 0 Å². The number of rotatable bonds is 12. The van der Waals surface area contributed by atoms with Crippen molar-refractivity contribution < 1.29 is 33.4 Å². The lowest BCUT2D eigenvalue weighted by atomic mass is 10.2. The molecule has 0 fully saturated rings. The fourth-order valence-corrected chi connectivity index (χ4v) is 3.08. The number of benzene rings is 2. The van der Waals surface area contributed by atoms with Gasteiger partial charge in [-0.05, 0) is 44.7 Å². The van der Waals surface area contributed by atoms with E-state index < -0.39 is 29.8 Å². The van der Waals surface area contributed by atoms with Crippen LogP contribution in [0, 0.1) is 0 Å². The second kappa shape index (κ2) is 16.5. The van der Waals surface area contributed by atoms with Crippen molar-refractivity contribution in [3.05, 3.63) is 71.8 Å². The Balaban J connectivity index is 1.79. The van der Waals surface area contributed by atoms with Gasteiger partial charge >= 0.3 is 18.3 Å². The largest absolute Gasteiger partial charge is 0.444 e. The highest BCUT2D eigenvalue weighted by Gasteiger charge is 2.17. The third-order valence-corrected chi connectivity index (χ3v) is 4.84.